The van der Waals surface area contributed by atoms with E-state index in [1.54, 1.807) is 4.57 Å². The summed E-state index contributed by atoms with van der Waals surface area (Å²) < 4.78 is 2.99. The fourth-order valence-corrected chi connectivity index (χ4v) is 6.54. The van der Waals surface area contributed by atoms with Gasteiger partial charge in [0.15, 0.2) is 5.65 Å². The van der Waals surface area contributed by atoms with E-state index >= 15 is 0 Å². The molecule has 0 aromatic carbocycles. The van der Waals surface area contributed by atoms with Gasteiger partial charge in [0.25, 0.3) is 5.56 Å². The van der Waals surface area contributed by atoms with Crippen molar-refractivity contribution in [2.75, 3.05) is 6.61 Å². The van der Waals surface area contributed by atoms with Gasteiger partial charge in [-0.05, 0) is 48.3 Å². The molecule has 4 saturated carbocycles. The third-order valence-electron chi connectivity index (χ3n) is 7.64. The van der Waals surface area contributed by atoms with E-state index in [0.717, 1.165) is 25.1 Å². The summed E-state index contributed by atoms with van der Waals surface area (Å²) in [5, 5.41) is 9.98. The van der Waals surface area contributed by atoms with Gasteiger partial charge < -0.3 is 10.1 Å². The van der Waals surface area contributed by atoms with Gasteiger partial charge >= 0.3 is 5.69 Å². The van der Waals surface area contributed by atoms with Crippen molar-refractivity contribution in [1.82, 2.24) is 19.1 Å². The highest BCUT2D eigenvalue weighted by Crippen LogP contribution is 2.82. The van der Waals surface area contributed by atoms with Crippen LogP contribution in [0.2, 0.25) is 0 Å². The van der Waals surface area contributed by atoms with Gasteiger partial charge in [0.2, 0.25) is 0 Å². The molecule has 146 valence electrons. The minimum absolute atomic E-state index is 0.0233. The molecule has 2 aromatic rings. The molecule has 4 fully saturated rings. The molecule has 0 spiro atoms. The topological polar surface area (TPSA) is 92.9 Å². The van der Waals surface area contributed by atoms with E-state index in [-0.39, 0.29) is 29.2 Å². The molecule has 4 aliphatic rings. The van der Waals surface area contributed by atoms with E-state index in [4.69, 9.17) is 4.98 Å². The first-order valence-corrected chi connectivity index (χ1v) is 10.3. The van der Waals surface area contributed by atoms with Crippen LogP contribution in [0.25, 0.3) is 11.2 Å². The van der Waals surface area contributed by atoms with Crippen molar-refractivity contribution in [2.45, 2.75) is 59.0 Å². The summed E-state index contributed by atoms with van der Waals surface area (Å²) in [6.07, 6.45) is 2.69. The molecule has 7 nitrogen and oxygen atoms in total. The van der Waals surface area contributed by atoms with Gasteiger partial charge in [-0.15, -0.1) is 0 Å². The molecule has 4 aliphatic carbocycles. The van der Waals surface area contributed by atoms with Crippen LogP contribution in [-0.4, -0.2) is 30.8 Å². The summed E-state index contributed by atoms with van der Waals surface area (Å²) >= 11 is 0. The van der Waals surface area contributed by atoms with Gasteiger partial charge in [-0.1, -0.05) is 20.8 Å². The lowest BCUT2D eigenvalue weighted by atomic mass is 9.78. The van der Waals surface area contributed by atoms with Crippen LogP contribution in [0.15, 0.2) is 9.59 Å². The number of hydrogen-bond acceptors (Lipinski definition) is 4. The van der Waals surface area contributed by atoms with Crippen LogP contribution in [0.4, 0.5) is 0 Å². The number of aromatic amines is 1. The second-order valence-corrected chi connectivity index (χ2v) is 9.01. The molecule has 0 amide bonds. The monoisotopic (exact) mass is 372 g/mol. The van der Waals surface area contributed by atoms with Crippen LogP contribution in [0.1, 0.15) is 51.8 Å². The Morgan fingerprint density at radius 3 is 2.52 bits per heavy atom. The Labute approximate surface area is 157 Å². The summed E-state index contributed by atoms with van der Waals surface area (Å²) in [4.78, 5) is 33.9. The number of hydrogen-bond donors (Lipinski definition) is 2. The van der Waals surface area contributed by atoms with Crippen molar-refractivity contribution < 1.29 is 5.11 Å². The lowest BCUT2D eigenvalue weighted by molar-refractivity contribution is 0.0988. The molecule has 2 heterocycles. The average Bonchev–Trinajstić information content (AvgIpc) is 3.00. The third kappa shape index (κ3) is 1.98. The van der Waals surface area contributed by atoms with E-state index in [9.17, 15) is 14.7 Å². The maximum atomic E-state index is 12.9. The van der Waals surface area contributed by atoms with Gasteiger partial charge in [0, 0.05) is 25.6 Å². The highest BCUT2D eigenvalue weighted by molar-refractivity contribution is 5.70. The number of H-pyrrole nitrogens is 1. The first-order valence-electron chi connectivity index (χ1n) is 10.3. The van der Waals surface area contributed by atoms with Crippen molar-refractivity contribution in [3.05, 3.63) is 26.7 Å². The Balaban J connectivity index is 1.67. The number of aliphatic hydroxyl groups excluding tert-OH is 1. The third-order valence-corrected chi connectivity index (χ3v) is 7.64. The first kappa shape index (κ1) is 17.2. The summed E-state index contributed by atoms with van der Waals surface area (Å²) in [5.74, 6) is 3.37. The number of imidazole rings is 1. The van der Waals surface area contributed by atoms with Crippen molar-refractivity contribution in [3.63, 3.8) is 0 Å². The maximum absolute atomic E-state index is 12.9. The van der Waals surface area contributed by atoms with E-state index in [1.165, 1.54) is 4.57 Å². The van der Waals surface area contributed by atoms with Crippen molar-refractivity contribution in [3.8, 4) is 0 Å². The number of nitrogens with one attached hydrogen (secondary N) is 1. The predicted octanol–water partition coefficient (Wildman–Crippen LogP) is 1.68. The first-order chi connectivity index (χ1) is 13.0. The summed E-state index contributed by atoms with van der Waals surface area (Å²) in [6, 6.07) is 0. The molecular weight excluding hydrogens is 344 g/mol. The fourth-order valence-electron chi connectivity index (χ4n) is 6.54. The number of aromatic nitrogens is 4. The van der Waals surface area contributed by atoms with Crippen molar-refractivity contribution in [1.29, 1.82) is 0 Å². The van der Waals surface area contributed by atoms with Crippen LogP contribution in [0.3, 0.4) is 0 Å². The van der Waals surface area contributed by atoms with Crippen LogP contribution in [-0.2, 0) is 13.1 Å². The minimum atomic E-state index is -0.259. The molecule has 6 rings (SSSR count). The highest BCUT2D eigenvalue weighted by Gasteiger charge is 2.78. The molecule has 6 atom stereocenters. The quantitative estimate of drug-likeness (QED) is 0.807. The molecule has 4 bridgehead atoms. The maximum Gasteiger partial charge on any atom is 0.332 e. The normalized spacial score (nSPS) is 36.1. The van der Waals surface area contributed by atoms with Crippen molar-refractivity contribution in [2.24, 2.45) is 29.1 Å². The van der Waals surface area contributed by atoms with Gasteiger partial charge in [0.05, 0.1) is 0 Å². The Kier molecular flexibility index (Phi) is 3.55. The van der Waals surface area contributed by atoms with E-state index in [2.05, 4.69) is 11.9 Å². The number of nitrogens with zero attached hydrogens (tertiary/aromatic N) is 3. The zero-order valence-electron chi connectivity index (χ0n) is 16.2. The molecule has 6 unspecified atom stereocenters. The Bertz CT molecular complexity index is 1030. The highest BCUT2D eigenvalue weighted by atomic mass is 16.3. The van der Waals surface area contributed by atoms with Gasteiger partial charge in [-0.25, -0.2) is 9.78 Å². The zero-order valence-corrected chi connectivity index (χ0v) is 16.2. The van der Waals surface area contributed by atoms with E-state index in [1.807, 2.05) is 13.8 Å². The zero-order chi connectivity index (χ0) is 19.1. The Morgan fingerprint density at radius 2 is 1.93 bits per heavy atom. The molecule has 0 aliphatic heterocycles. The van der Waals surface area contributed by atoms with Gasteiger partial charge in [-0.3, -0.25) is 13.9 Å². The minimum Gasteiger partial charge on any atom is -0.396 e. The molecular formula is C20H28N4O3. The number of rotatable bonds is 6. The predicted molar refractivity (Wildman–Crippen MR) is 102 cm³/mol. The Hall–Kier alpha value is -1.89. The number of aliphatic hydroxyl groups is 1. The molecule has 2 N–H and O–H groups in total. The second-order valence-electron chi connectivity index (χ2n) is 9.01. The SMILES string of the molecule is CCCn1c(=O)c2[nH]c(C3C4C5CC3C(C)(CO)C54)nc2n(CCC)c1=O. The van der Waals surface area contributed by atoms with E-state index < -0.39 is 0 Å². The largest absolute Gasteiger partial charge is 0.396 e. The molecule has 7 heteroatoms. The van der Waals surface area contributed by atoms with Crippen LogP contribution >= 0.6 is 0 Å². The van der Waals surface area contributed by atoms with Crippen molar-refractivity contribution >= 4 is 11.2 Å². The number of fused-ring (bicyclic) bond motifs is 1. The fraction of sp³-hybridized carbons (Fsp3) is 0.750. The Morgan fingerprint density at radius 1 is 1.22 bits per heavy atom. The lowest BCUT2D eigenvalue weighted by Crippen LogP contribution is -2.40. The smallest absolute Gasteiger partial charge is 0.332 e. The van der Waals surface area contributed by atoms with Gasteiger partial charge in [-0.2, -0.15) is 0 Å². The summed E-state index contributed by atoms with van der Waals surface area (Å²) in [5.41, 5.74) is 0.421. The standard InChI is InChI=1S/C20H28N4O3/c1-4-6-23-17-15(18(26)24(7-5-2)19(23)27)21-16(22-17)13-11-8-10-12(13)14(10)20(11,3)9-25/h10-14,25H,4-9H2,1-3H3,(H,21,22). The molecule has 0 radical (unpaired) electrons. The number of aryl methyl sites for hydroxylation is 1. The van der Waals surface area contributed by atoms with Crippen LogP contribution < -0.4 is 11.2 Å². The second kappa shape index (κ2) is 5.56. The average molecular weight is 372 g/mol. The van der Waals surface area contributed by atoms with Crippen LogP contribution in [0.5, 0.6) is 0 Å². The molecule has 27 heavy (non-hydrogen) atoms. The molecule has 2 aromatic heterocycles. The lowest BCUT2D eigenvalue weighted by Gasteiger charge is -2.28. The van der Waals surface area contributed by atoms with E-state index in [0.29, 0.717) is 47.9 Å². The van der Waals surface area contributed by atoms with Crippen LogP contribution in [0, 0.1) is 29.1 Å². The summed E-state index contributed by atoms with van der Waals surface area (Å²) in [6.45, 7) is 7.39. The van der Waals surface area contributed by atoms with Gasteiger partial charge in [0.1, 0.15) is 11.3 Å². The molecule has 0 saturated heterocycles. The summed E-state index contributed by atoms with van der Waals surface area (Å²) in [7, 11) is 0.